The minimum atomic E-state index is 0.696. The third kappa shape index (κ3) is 9.48. The molecular formula is C50H45N. The van der Waals surface area contributed by atoms with Crippen LogP contribution in [0.2, 0.25) is 0 Å². The van der Waals surface area contributed by atoms with Gasteiger partial charge in [0.15, 0.2) is 0 Å². The minimum absolute atomic E-state index is 0.696. The molecule has 0 N–H and O–H groups in total. The first-order valence-electron chi connectivity index (χ1n) is 17.5. The van der Waals surface area contributed by atoms with Crippen LogP contribution in [0.25, 0.3) is 44.7 Å². The molecule has 5 aromatic rings. The molecule has 0 radical (unpaired) electrons. The van der Waals surface area contributed by atoms with E-state index in [1.54, 1.807) is 6.08 Å². The quantitative estimate of drug-likeness (QED) is 0.0718. The molecule has 0 heterocycles. The van der Waals surface area contributed by atoms with Crippen molar-refractivity contribution in [1.82, 2.24) is 0 Å². The highest BCUT2D eigenvalue weighted by Crippen LogP contribution is 2.39. The second-order valence-corrected chi connectivity index (χ2v) is 12.2. The van der Waals surface area contributed by atoms with Crippen LogP contribution in [0, 0.1) is 12.3 Å². The van der Waals surface area contributed by atoms with Gasteiger partial charge in [-0.05, 0) is 107 Å². The molecule has 0 aliphatic carbocycles. The zero-order chi connectivity index (χ0) is 35.8. The van der Waals surface area contributed by atoms with E-state index in [0.29, 0.717) is 6.42 Å². The standard InChI is InChI=1S/C50H45N/c1-6-9-11-12-20-33-49(38(4)24-15-10-7-2)51-39(5)43-29-23-30-44(36-43)40(8-3)34-35-45-37-48(41-25-16-13-17-26-41)46-31-21-22-32-47(46)50(45)42-27-18-14-19-28-42/h1,7-32,34-37H,33H2,2-5H3/b10-7-,11-9-,20-12-,24-15-,35-34-,40-8+,49-38+,51-39?. The van der Waals surface area contributed by atoms with Crippen molar-refractivity contribution < 1.29 is 0 Å². The number of terminal acetylenes is 1. The number of fused-ring (bicyclic) bond motifs is 1. The molecule has 0 bridgehead atoms. The summed E-state index contributed by atoms with van der Waals surface area (Å²) >= 11 is 0. The number of rotatable bonds is 12. The Morgan fingerprint density at radius 2 is 1.37 bits per heavy atom. The molecule has 0 amide bonds. The molecule has 0 aliphatic rings. The highest BCUT2D eigenvalue weighted by molar-refractivity contribution is 6.08. The molecule has 1 heteroatoms. The molecule has 1 nitrogen and oxygen atoms in total. The molecule has 0 fully saturated rings. The molecule has 250 valence electrons. The lowest BCUT2D eigenvalue weighted by Gasteiger charge is -2.16. The van der Waals surface area contributed by atoms with E-state index in [0.717, 1.165) is 33.7 Å². The van der Waals surface area contributed by atoms with Crippen LogP contribution in [-0.2, 0) is 0 Å². The molecule has 0 aromatic heterocycles. The second kappa shape index (κ2) is 18.5. The van der Waals surface area contributed by atoms with Crippen LogP contribution < -0.4 is 0 Å². The molecule has 0 unspecified atom stereocenters. The van der Waals surface area contributed by atoms with Crippen molar-refractivity contribution in [2.45, 2.75) is 34.1 Å². The zero-order valence-electron chi connectivity index (χ0n) is 30.1. The average molecular weight is 660 g/mol. The van der Waals surface area contributed by atoms with Gasteiger partial charge >= 0.3 is 0 Å². The lowest BCUT2D eigenvalue weighted by molar-refractivity contribution is 1.12. The van der Waals surface area contributed by atoms with E-state index in [1.165, 1.54) is 38.6 Å². The van der Waals surface area contributed by atoms with E-state index in [4.69, 9.17) is 11.4 Å². The molecular weight excluding hydrogens is 615 g/mol. The lowest BCUT2D eigenvalue weighted by Crippen LogP contribution is -1.98. The van der Waals surface area contributed by atoms with Crippen molar-refractivity contribution >= 4 is 28.1 Å². The predicted molar refractivity (Wildman–Crippen MR) is 225 cm³/mol. The van der Waals surface area contributed by atoms with Crippen molar-refractivity contribution in [2.75, 3.05) is 0 Å². The third-order valence-corrected chi connectivity index (χ3v) is 8.75. The normalized spacial score (nSPS) is 13.3. The van der Waals surface area contributed by atoms with Gasteiger partial charge in [0.25, 0.3) is 0 Å². The first-order chi connectivity index (χ1) is 25.0. The van der Waals surface area contributed by atoms with Gasteiger partial charge in [-0.25, -0.2) is 0 Å². The van der Waals surface area contributed by atoms with Crippen molar-refractivity contribution in [2.24, 2.45) is 4.99 Å². The monoisotopic (exact) mass is 659 g/mol. The first-order valence-corrected chi connectivity index (χ1v) is 17.5. The SMILES string of the molecule is C#C/C=C\C=C/C\C(N=C(C)c1cccc(C(/C=C\c2cc(-c3ccccc3)c3ccccc3c2-c2ccccc2)=C/C)c1)=C(C)/C=C\C=C/C. The summed E-state index contributed by atoms with van der Waals surface area (Å²) in [5, 5.41) is 2.48. The molecule has 0 saturated carbocycles. The molecule has 0 spiro atoms. The maximum absolute atomic E-state index is 5.36. The van der Waals surface area contributed by atoms with Gasteiger partial charge in [0.2, 0.25) is 0 Å². The summed E-state index contributed by atoms with van der Waals surface area (Å²) in [6.45, 7) is 8.31. The Hall–Kier alpha value is -6.23. The van der Waals surface area contributed by atoms with Crippen LogP contribution in [0.3, 0.4) is 0 Å². The fourth-order valence-corrected chi connectivity index (χ4v) is 6.11. The van der Waals surface area contributed by atoms with E-state index < -0.39 is 0 Å². The van der Waals surface area contributed by atoms with Crippen molar-refractivity contribution in [3.63, 3.8) is 0 Å². The maximum Gasteiger partial charge on any atom is 0.0473 e. The molecule has 51 heavy (non-hydrogen) atoms. The van der Waals surface area contributed by atoms with E-state index >= 15 is 0 Å². The van der Waals surface area contributed by atoms with Gasteiger partial charge in [0.05, 0.1) is 0 Å². The smallest absolute Gasteiger partial charge is 0.0473 e. The Morgan fingerprint density at radius 1 is 0.686 bits per heavy atom. The van der Waals surface area contributed by atoms with Gasteiger partial charge in [-0.2, -0.15) is 0 Å². The number of hydrogen-bond acceptors (Lipinski definition) is 1. The van der Waals surface area contributed by atoms with E-state index in [9.17, 15) is 0 Å². The van der Waals surface area contributed by atoms with Crippen LogP contribution in [0.15, 0.2) is 192 Å². The second-order valence-electron chi connectivity index (χ2n) is 12.2. The van der Waals surface area contributed by atoms with Crippen LogP contribution in [0.4, 0.5) is 0 Å². The molecule has 0 saturated heterocycles. The fraction of sp³-hybridized carbons (Fsp3) is 0.100. The minimum Gasteiger partial charge on any atom is -0.257 e. The van der Waals surface area contributed by atoms with Crippen molar-refractivity contribution in [3.8, 4) is 34.6 Å². The van der Waals surface area contributed by atoms with Gasteiger partial charge in [0.1, 0.15) is 0 Å². The summed E-state index contributed by atoms with van der Waals surface area (Å²) in [6, 6.07) is 41.1. The summed E-state index contributed by atoms with van der Waals surface area (Å²) in [7, 11) is 0. The van der Waals surface area contributed by atoms with Crippen LogP contribution >= 0.6 is 0 Å². The molecule has 0 aliphatic heterocycles. The van der Waals surface area contributed by atoms with Gasteiger partial charge in [-0.3, -0.25) is 4.99 Å². The zero-order valence-corrected chi connectivity index (χ0v) is 30.1. The van der Waals surface area contributed by atoms with Gasteiger partial charge in [0, 0.05) is 17.8 Å². The van der Waals surface area contributed by atoms with E-state index in [-0.39, 0.29) is 0 Å². The summed E-state index contributed by atoms with van der Waals surface area (Å²) in [6.07, 6.45) is 28.6. The summed E-state index contributed by atoms with van der Waals surface area (Å²) in [5.74, 6) is 2.53. The average Bonchev–Trinajstić information content (AvgIpc) is 3.18. The van der Waals surface area contributed by atoms with Crippen molar-refractivity contribution in [1.29, 1.82) is 0 Å². The number of nitrogens with zero attached hydrogens (tertiary/aromatic N) is 1. The van der Waals surface area contributed by atoms with Crippen LogP contribution in [0.1, 0.15) is 50.8 Å². The first kappa shape index (κ1) is 36.1. The lowest BCUT2D eigenvalue weighted by atomic mass is 9.87. The van der Waals surface area contributed by atoms with Gasteiger partial charge < -0.3 is 0 Å². The Morgan fingerprint density at radius 3 is 2.08 bits per heavy atom. The summed E-state index contributed by atoms with van der Waals surface area (Å²) < 4.78 is 0. The summed E-state index contributed by atoms with van der Waals surface area (Å²) in [4.78, 5) is 5.14. The van der Waals surface area contributed by atoms with E-state index in [1.807, 2.05) is 31.2 Å². The molecule has 5 aromatic carbocycles. The summed E-state index contributed by atoms with van der Waals surface area (Å²) in [5.41, 5.74) is 12.5. The number of hydrogen-bond donors (Lipinski definition) is 0. The Balaban J connectivity index is 1.55. The molecule has 5 rings (SSSR count). The number of allylic oxidation sites excluding steroid dienone is 12. The van der Waals surface area contributed by atoms with E-state index in [2.05, 4.69) is 178 Å². The third-order valence-electron chi connectivity index (χ3n) is 8.75. The highest BCUT2D eigenvalue weighted by Gasteiger charge is 2.14. The van der Waals surface area contributed by atoms with Gasteiger partial charge in [-0.15, -0.1) is 6.42 Å². The van der Waals surface area contributed by atoms with Gasteiger partial charge in [-0.1, -0.05) is 170 Å². The predicted octanol–water partition coefficient (Wildman–Crippen LogP) is 13.6. The van der Waals surface area contributed by atoms with Crippen molar-refractivity contribution in [3.05, 3.63) is 204 Å². The highest BCUT2D eigenvalue weighted by atomic mass is 14.8. The Kier molecular flexibility index (Phi) is 13.1. The largest absolute Gasteiger partial charge is 0.257 e. The Bertz CT molecular complexity index is 2240. The van der Waals surface area contributed by atoms with Crippen LogP contribution in [-0.4, -0.2) is 5.71 Å². The maximum atomic E-state index is 5.36. The Labute approximate surface area is 304 Å². The topological polar surface area (TPSA) is 12.4 Å². The van der Waals surface area contributed by atoms with Crippen LogP contribution in [0.5, 0.6) is 0 Å². The fourth-order valence-electron chi connectivity index (χ4n) is 6.11. The number of aliphatic imine (C=N–C) groups is 1. The number of benzene rings is 5. The molecule has 0 atom stereocenters.